The third-order valence-corrected chi connectivity index (χ3v) is 6.32. The predicted octanol–water partition coefficient (Wildman–Crippen LogP) is 0.202. The van der Waals surface area contributed by atoms with Gasteiger partial charge in [0.05, 0.1) is 9.79 Å². The Hall–Kier alpha value is -0.960. The van der Waals surface area contributed by atoms with E-state index in [2.05, 4.69) is 0 Å². The minimum Gasteiger partial charge on any atom is -0.327 e. The van der Waals surface area contributed by atoms with E-state index in [0.29, 0.717) is 13.1 Å². The van der Waals surface area contributed by atoms with Gasteiger partial charge in [-0.2, -0.15) is 4.31 Å². The van der Waals surface area contributed by atoms with Crippen LogP contribution in [0.25, 0.3) is 0 Å². The van der Waals surface area contributed by atoms with E-state index in [0.717, 1.165) is 19.1 Å². The van der Waals surface area contributed by atoms with Crippen molar-refractivity contribution in [1.82, 2.24) is 4.31 Å². The zero-order valence-corrected chi connectivity index (χ0v) is 12.8. The molecule has 8 heteroatoms. The smallest absolute Gasteiger partial charge is 0.243 e. The molecule has 2 N–H and O–H groups in total. The Balaban J connectivity index is 2.30. The summed E-state index contributed by atoms with van der Waals surface area (Å²) in [6.07, 6.45) is 2.64. The second-order valence-electron chi connectivity index (χ2n) is 5.01. The summed E-state index contributed by atoms with van der Waals surface area (Å²) in [5, 5.41) is 0. The van der Waals surface area contributed by atoms with E-state index >= 15 is 0 Å². The minimum absolute atomic E-state index is 0.0963. The highest BCUT2D eigenvalue weighted by molar-refractivity contribution is 7.90. The van der Waals surface area contributed by atoms with Crippen LogP contribution in [0.15, 0.2) is 34.1 Å². The van der Waals surface area contributed by atoms with E-state index < -0.39 is 19.9 Å². The van der Waals surface area contributed by atoms with Crippen LogP contribution in [0.2, 0.25) is 0 Å². The number of hydrogen-bond acceptors (Lipinski definition) is 5. The largest absolute Gasteiger partial charge is 0.327 e. The van der Waals surface area contributed by atoms with Crippen molar-refractivity contribution in [2.75, 3.05) is 19.3 Å². The number of sulfone groups is 1. The number of benzene rings is 1. The molecule has 112 valence electrons. The summed E-state index contributed by atoms with van der Waals surface area (Å²) in [7, 11) is -6.93. The monoisotopic (exact) mass is 318 g/mol. The van der Waals surface area contributed by atoms with Crippen LogP contribution in [0, 0.1) is 0 Å². The first-order chi connectivity index (χ1) is 9.21. The molecule has 1 saturated heterocycles. The molecule has 2 rings (SSSR count). The quantitative estimate of drug-likeness (QED) is 0.858. The maximum absolute atomic E-state index is 12.4. The lowest BCUT2D eigenvalue weighted by Gasteiger charge is -2.29. The molecule has 1 aromatic carbocycles. The molecule has 1 atom stereocenters. The molecule has 0 bridgehead atoms. The fraction of sp³-hybridized carbons (Fsp3) is 0.500. The summed E-state index contributed by atoms with van der Waals surface area (Å²) < 4.78 is 48.9. The summed E-state index contributed by atoms with van der Waals surface area (Å²) in [4.78, 5) is 0.200. The molecular weight excluding hydrogens is 300 g/mol. The van der Waals surface area contributed by atoms with Gasteiger partial charge in [0.25, 0.3) is 0 Å². The van der Waals surface area contributed by atoms with Gasteiger partial charge in [-0.1, -0.05) is 0 Å². The minimum atomic E-state index is -3.60. The van der Waals surface area contributed by atoms with E-state index in [1.807, 2.05) is 0 Å². The Morgan fingerprint density at radius 2 is 1.65 bits per heavy atom. The normalized spacial score (nSPS) is 21.8. The van der Waals surface area contributed by atoms with Crippen LogP contribution in [0.1, 0.15) is 12.8 Å². The summed E-state index contributed by atoms with van der Waals surface area (Å²) in [6, 6.07) is 5.13. The van der Waals surface area contributed by atoms with Crippen molar-refractivity contribution in [2.24, 2.45) is 5.73 Å². The van der Waals surface area contributed by atoms with E-state index in [-0.39, 0.29) is 15.8 Å². The molecule has 20 heavy (non-hydrogen) atoms. The zero-order valence-electron chi connectivity index (χ0n) is 11.2. The average molecular weight is 318 g/mol. The Morgan fingerprint density at radius 1 is 1.10 bits per heavy atom. The van der Waals surface area contributed by atoms with Crippen molar-refractivity contribution in [3.8, 4) is 0 Å². The van der Waals surface area contributed by atoms with E-state index in [4.69, 9.17) is 5.73 Å². The highest BCUT2D eigenvalue weighted by Crippen LogP contribution is 2.21. The molecule has 1 fully saturated rings. The standard InChI is InChI=1S/C12H18N2O4S2/c1-19(15,16)11-4-6-12(7-5-11)20(17,18)14-8-2-3-10(13)9-14/h4-7,10H,2-3,8-9,13H2,1H3. The second kappa shape index (κ2) is 5.44. The van der Waals surface area contributed by atoms with Crippen molar-refractivity contribution in [3.63, 3.8) is 0 Å². The first-order valence-electron chi connectivity index (χ1n) is 6.27. The zero-order chi connectivity index (χ0) is 15.0. The topological polar surface area (TPSA) is 97.5 Å². The SMILES string of the molecule is CS(=O)(=O)c1ccc(S(=O)(=O)N2CCCC(N)C2)cc1. The summed E-state index contributed by atoms with van der Waals surface area (Å²) >= 11 is 0. The Bertz CT molecular complexity index is 681. The molecule has 1 aromatic rings. The molecule has 1 unspecified atom stereocenters. The van der Waals surface area contributed by atoms with Gasteiger partial charge in [0.2, 0.25) is 10.0 Å². The number of rotatable bonds is 3. The lowest BCUT2D eigenvalue weighted by molar-refractivity contribution is 0.316. The van der Waals surface area contributed by atoms with Crippen LogP contribution in [-0.2, 0) is 19.9 Å². The average Bonchev–Trinajstić information content (AvgIpc) is 2.38. The van der Waals surface area contributed by atoms with Gasteiger partial charge in [-0.15, -0.1) is 0 Å². The number of hydrogen-bond donors (Lipinski definition) is 1. The highest BCUT2D eigenvalue weighted by atomic mass is 32.2. The third-order valence-electron chi connectivity index (χ3n) is 3.31. The van der Waals surface area contributed by atoms with E-state index in [1.54, 1.807) is 0 Å². The lowest BCUT2D eigenvalue weighted by atomic mass is 10.1. The molecule has 6 nitrogen and oxygen atoms in total. The lowest BCUT2D eigenvalue weighted by Crippen LogP contribution is -2.45. The van der Waals surface area contributed by atoms with Crippen molar-refractivity contribution in [1.29, 1.82) is 0 Å². The molecule has 0 amide bonds. The van der Waals surface area contributed by atoms with Gasteiger partial charge < -0.3 is 5.73 Å². The third kappa shape index (κ3) is 3.20. The van der Waals surface area contributed by atoms with Crippen molar-refractivity contribution in [3.05, 3.63) is 24.3 Å². The van der Waals surface area contributed by atoms with Crippen LogP contribution in [0.4, 0.5) is 0 Å². The number of sulfonamides is 1. The van der Waals surface area contributed by atoms with Crippen LogP contribution >= 0.6 is 0 Å². The fourth-order valence-corrected chi connectivity index (χ4v) is 4.37. The number of piperidine rings is 1. The molecule has 0 aliphatic carbocycles. The van der Waals surface area contributed by atoms with Crippen LogP contribution in [-0.4, -0.2) is 46.5 Å². The molecule has 0 saturated carbocycles. The van der Waals surface area contributed by atoms with Crippen molar-refractivity contribution < 1.29 is 16.8 Å². The van der Waals surface area contributed by atoms with Crippen LogP contribution in [0.3, 0.4) is 0 Å². The first-order valence-corrected chi connectivity index (χ1v) is 9.60. The van der Waals surface area contributed by atoms with Gasteiger partial charge in [-0.05, 0) is 37.1 Å². The Kier molecular flexibility index (Phi) is 4.19. The van der Waals surface area contributed by atoms with Crippen LogP contribution in [0.5, 0.6) is 0 Å². The molecule has 0 aromatic heterocycles. The maximum atomic E-state index is 12.4. The van der Waals surface area contributed by atoms with Gasteiger partial charge >= 0.3 is 0 Å². The molecule has 1 aliphatic heterocycles. The summed E-state index contributed by atoms with van der Waals surface area (Å²) in [5.74, 6) is 0. The van der Waals surface area contributed by atoms with Gasteiger partial charge in [-0.25, -0.2) is 16.8 Å². The van der Waals surface area contributed by atoms with E-state index in [1.165, 1.54) is 28.6 Å². The number of nitrogens with zero attached hydrogens (tertiary/aromatic N) is 1. The van der Waals surface area contributed by atoms with Crippen LogP contribution < -0.4 is 5.73 Å². The van der Waals surface area contributed by atoms with Gasteiger partial charge in [-0.3, -0.25) is 0 Å². The Labute approximate surface area is 119 Å². The van der Waals surface area contributed by atoms with Crippen molar-refractivity contribution in [2.45, 2.75) is 28.7 Å². The summed E-state index contributed by atoms with van der Waals surface area (Å²) in [6.45, 7) is 0.750. The van der Waals surface area contributed by atoms with Gasteiger partial charge in [0, 0.05) is 25.4 Å². The predicted molar refractivity (Wildman–Crippen MR) is 75.5 cm³/mol. The van der Waals surface area contributed by atoms with Gasteiger partial charge in [0.1, 0.15) is 0 Å². The molecule has 1 aliphatic rings. The molecule has 0 spiro atoms. The maximum Gasteiger partial charge on any atom is 0.243 e. The fourth-order valence-electron chi connectivity index (χ4n) is 2.20. The van der Waals surface area contributed by atoms with E-state index in [9.17, 15) is 16.8 Å². The molecular formula is C12H18N2O4S2. The number of nitrogens with two attached hydrogens (primary N) is 1. The first kappa shape index (κ1) is 15.4. The molecule has 0 radical (unpaired) electrons. The Morgan fingerprint density at radius 3 is 2.15 bits per heavy atom. The highest BCUT2D eigenvalue weighted by Gasteiger charge is 2.28. The molecule has 1 heterocycles. The second-order valence-corrected chi connectivity index (χ2v) is 8.96. The van der Waals surface area contributed by atoms with Crippen molar-refractivity contribution >= 4 is 19.9 Å². The van der Waals surface area contributed by atoms with Gasteiger partial charge in [0.15, 0.2) is 9.84 Å². The summed E-state index contributed by atoms with van der Waals surface area (Å²) in [5.41, 5.74) is 5.80.